The predicted octanol–water partition coefficient (Wildman–Crippen LogP) is 1.14. The Kier molecular flexibility index (Phi) is 4.06. The molecular weight excluding hydrogens is 260 g/mol. The highest BCUT2D eigenvalue weighted by atomic mass is 16.5. The highest BCUT2D eigenvalue weighted by molar-refractivity contribution is 6.00. The summed E-state index contributed by atoms with van der Waals surface area (Å²) in [6.07, 6.45) is 0.910. The van der Waals surface area contributed by atoms with Gasteiger partial charge in [-0.1, -0.05) is 6.07 Å². The van der Waals surface area contributed by atoms with Gasteiger partial charge in [0.05, 0.1) is 5.56 Å². The average molecular weight is 278 g/mol. The van der Waals surface area contributed by atoms with E-state index in [2.05, 4.69) is 5.32 Å². The summed E-state index contributed by atoms with van der Waals surface area (Å²) in [6, 6.07) is 4.77. The molecule has 20 heavy (non-hydrogen) atoms. The Morgan fingerprint density at radius 1 is 1.35 bits per heavy atom. The number of rotatable bonds is 3. The number of hydrogen-bond donors (Lipinski definition) is 3. The van der Waals surface area contributed by atoms with E-state index in [9.17, 15) is 9.59 Å². The van der Waals surface area contributed by atoms with Gasteiger partial charge in [0.2, 0.25) is 5.91 Å². The molecule has 6 nitrogen and oxygen atoms in total. The Bertz CT molecular complexity index is 536. The van der Waals surface area contributed by atoms with Crippen molar-refractivity contribution in [3.63, 3.8) is 0 Å². The molecule has 4 N–H and O–H groups in total. The van der Waals surface area contributed by atoms with E-state index in [1.807, 2.05) is 0 Å². The van der Waals surface area contributed by atoms with E-state index in [0.29, 0.717) is 37.3 Å². The minimum absolute atomic E-state index is 0.167. The van der Waals surface area contributed by atoms with E-state index in [1.165, 1.54) is 6.07 Å². The first-order valence-electron chi connectivity index (χ1n) is 6.45. The van der Waals surface area contributed by atoms with Crippen molar-refractivity contribution in [3.05, 3.63) is 29.3 Å². The molecule has 1 heterocycles. The summed E-state index contributed by atoms with van der Waals surface area (Å²) in [5.41, 5.74) is 6.30. The quantitative estimate of drug-likeness (QED) is 0.769. The maximum Gasteiger partial charge on any atom is 0.336 e. The first-order chi connectivity index (χ1) is 9.44. The molecule has 0 aromatic heterocycles. The third-order valence-electron chi connectivity index (χ3n) is 3.65. The summed E-state index contributed by atoms with van der Waals surface area (Å²) < 4.78 is 5.20. The maximum atomic E-state index is 12.3. The molecule has 0 aliphatic carbocycles. The Labute approximate surface area is 116 Å². The van der Waals surface area contributed by atoms with Gasteiger partial charge in [0, 0.05) is 18.9 Å². The lowest BCUT2D eigenvalue weighted by Gasteiger charge is -2.32. The number of benzene rings is 1. The maximum absolute atomic E-state index is 12.3. The number of anilines is 1. The zero-order chi connectivity index (χ0) is 14.8. The molecule has 1 amide bonds. The number of carboxylic acids is 1. The van der Waals surface area contributed by atoms with Crippen molar-refractivity contribution in [2.75, 3.05) is 18.5 Å². The fraction of sp³-hybridized carbons (Fsp3) is 0.429. The summed E-state index contributed by atoms with van der Waals surface area (Å²) >= 11 is 0. The number of ether oxygens (including phenoxy) is 1. The van der Waals surface area contributed by atoms with Crippen LogP contribution in [0.25, 0.3) is 0 Å². The SMILES string of the molecule is Cc1c(NC(=O)C2(N)CCOCC2)cccc1C(=O)O. The molecule has 6 heteroatoms. The number of nitrogens with two attached hydrogens (primary N) is 1. The minimum Gasteiger partial charge on any atom is -0.478 e. The lowest BCUT2D eigenvalue weighted by molar-refractivity contribution is -0.124. The summed E-state index contributed by atoms with van der Waals surface area (Å²) in [6.45, 7) is 2.57. The first kappa shape index (κ1) is 14.5. The van der Waals surface area contributed by atoms with Gasteiger partial charge < -0.3 is 20.9 Å². The Hall–Kier alpha value is -1.92. The van der Waals surface area contributed by atoms with Gasteiger partial charge in [0.1, 0.15) is 5.54 Å². The topological polar surface area (TPSA) is 102 Å². The van der Waals surface area contributed by atoms with E-state index in [-0.39, 0.29) is 11.5 Å². The van der Waals surface area contributed by atoms with Gasteiger partial charge in [-0.25, -0.2) is 4.79 Å². The van der Waals surface area contributed by atoms with Gasteiger partial charge in [-0.3, -0.25) is 4.79 Å². The van der Waals surface area contributed by atoms with Crippen molar-refractivity contribution in [1.29, 1.82) is 0 Å². The van der Waals surface area contributed by atoms with Crippen molar-refractivity contribution in [1.82, 2.24) is 0 Å². The standard InChI is InChI=1S/C14H18N2O4/c1-9-10(12(17)18)3-2-4-11(9)16-13(19)14(15)5-7-20-8-6-14/h2-4H,5-8,15H2,1H3,(H,16,19)(H,17,18). The molecule has 0 unspecified atom stereocenters. The van der Waals surface area contributed by atoms with Crippen LogP contribution < -0.4 is 11.1 Å². The molecule has 1 aromatic carbocycles. The van der Waals surface area contributed by atoms with E-state index in [1.54, 1.807) is 19.1 Å². The van der Waals surface area contributed by atoms with Crippen molar-refractivity contribution in [3.8, 4) is 0 Å². The van der Waals surface area contributed by atoms with Crippen LogP contribution in [0.15, 0.2) is 18.2 Å². The van der Waals surface area contributed by atoms with Gasteiger partial charge in [-0.05, 0) is 37.5 Å². The predicted molar refractivity (Wildman–Crippen MR) is 73.7 cm³/mol. The molecule has 0 radical (unpaired) electrons. The number of carbonyl (C=O) groups is 2. The Morgan fingerprint density at radius 3 is 2.60 bits per heavy atom. The van der Waals surface area contributed by atoms with Crippen molar-refractivity contribution in [2.45, 2.75) is 25.3 Å². The molecule has 0 bridgehead atoms. The molecule has 1 aromatic rings. The van der Waals surface area contributed by atoms with Crippen LogP contribution in [-0.2, 0) is 9.53 Å². The number of carbonyl (C=O) groups excluding carboxylic acids is 1. The number of amides is 1. The minimum atomic E-state index is -1.02. The molecule has 1 aliphatic rings. The largest absolute Gasteiger partial charge is 0.478 e. The zero-order valence-electron chi connectivity index (χ0n) is 11.3. The molecular formula is C14H18N2O4. The monoisotopic (exact) mass is 278 g/mol. The molecule has 0 spiro atoms. The smallest absolute Gasteiger partial charge is 0.336 e. The Balaban J connectivity index is 2.19. The van der Waals surface area contributed by atoms with Crippen LogP contribution >= 0.6 is 0 Å². The van der Waals surface area contributed by atoms with Gasteiger partial charge in [0.15, 0.2) is 0 Å². The van der Waals surface area contributed by atoms with E-state index < -0.39 is 11.5 Å². The van der Waals surface area contributed by atoms with E-state index in [4.69, 9.17) is 15.6 Å². The first-order valence-corrected chi connectivity index (χ1v) is 6.45. The average Bonchev–Trinajstić information content (AvgIpc) is 2.41. The molecule has 2 rings (SSSR count). The lowest BCUT2D eigenvalue weighted by Crippen LogP contribution is -2.54. The third kappa shape index (κ3) is 2.81. The second-order valence-corrected chi connectivity index (χ2v) is 5.01. The molecule has 1 fully saturated rings. The van der Waals surface area contributed by atoms with Crippen molar-refractivity contribution >= 4 is 17.6 Å². The van der Waals surface area contributed by atoms with Gasteiger partial charge >= 0.3 is 5.97 Å². The van der Waals surface area contributed by atoms with Crippen LogP contribution in [0.1, 0.15) is 28.8 Å². The molecule has 0 saturated carbocycles. The molecule has 108 valence electrons. The van der Waals surface area contributed by atoms with E-state index >= 15 is 0 Å². The second kappa shape index (κ2) is 5.60. The number of hydrogen-bond acceptors (Lipinski definition) is 4. The Morgan fingerprint density at radius 2 is 2.00 bits per heavy atom. The summed E-state index contributed by atoms with van der Waals surface area (Å²) in [5.74, 6) is -1.32. The number of aromatic carboxylic acids is 1. The van der Waals surface area contributed by atoms with Crippen LogP contribution in [0.4, 0.5) is 5.69 Å². The van der Waals surface area contributed by atoms with Crippen LogP contribution in [0.2, 0.25) is 0 Å². The van der Waals surface area contributed by atoms with E-state index in [0.717, 1.165) is 0 Å². The van der Waals surface area contributed by atoms with Crippen LogP contribution in [-0.4, -0.2) is 35.7 Å². The fourth-order valence-electron chi connectivity index (χ4n) is 2.21. The normalized spacial score (nSPS) is 17.5. The number of nitrogens with one attached hydrogen (secondary N) is 1. The van der Waals surface area contributed by atoms with Crippen molar-refractivity contribution in [2.24, 2.45) is 5.73 Å². The highest BCUT2D eigenvalue weighted by Crippen LogP contribution is 2.23. The highest BCUT2D eigenvalue weighted by Gasteiger charge is 2.36. The van der Waals surface area contributed by atoms with Gasteiger partial charge in [0.25, 0.3) is 0 Å². The number of carboxylic acid groups (broad SMARTS) is 1. The summed E-state index contributed by atoms with van der Waals surface area (Å²) in [5, 5.41) is 11.8. The van der Waals surface area contributed by atoms with Crippen LogP contribution in [0.3, 0.4) is 0 Å². The third-order valence-corrected chi connectivity index (χ3v) is 3.65. The molecule has 1 saturated heterocycles. The van der Waals surface area contributed by atoms with Crippen LogP contribution in [0.5, 0.6) is 0 Å². The van der Waals surface area contributed by atoms with Crippen molar-refractivity contribution < 1.29 is 19.4 Å². The summed E-state index contributed by atoms with van der Waals surface area (Å²) in [4.78, 5) is 23.4. The second-order valence-electron chi connectivity index (χ2n) is 5.01. The van der Waals surface area contributed by atoms with Crippen LogP contribution in [0, 0.1) is 6.92 Å². The molecule has 1 aliphatic heterocycles. The van der Waals surface area contributed by atoms with Gasteiger partial charge in [-0.15, -0.1) is 0 Å². The molecule has 0 atom stereocenters. The summed E-state index contributed by atoms with van der Waals surface area (Å²) in [7, 11) is 0. The lowest BCUT2D eigenvalue weighted by atomic mass is 9.90. The zero-order valence-corrected chi connectivity index (χ0v) is 11.3. The van der Waals surface area contributed by atoms with Gasteiger partial charge in [-0.2, -0.15) is 0 Å². The fourth-order valence-corrected chi connectivity index (χ4v) is 2.21.